The molecule has 4 rings (SSSR count). The van der Waals surface area contributed by atoms with E-state index in [-0.39, 0.29) is 28.3 Å². The number of anilines is 1. The minimum atomic E-state index is -3.69. The number of nitrogens with zero attached hydrogens (tertiary/aromatic N) is 4. The van der Waals surface area contributed by atoms with Crippen molar-refractivity contribution in [3.8, 4) is 11.4 Å². The lowest BCUT2D eigenvalue weighted by Crippen LogP contribution is -2.42. The number of pyridine rings is 1. The molecule has 0 spiro atoms. The smallest absolute Gasteiger partial charge is 0.313 e. The second-order valence-corrected chi connectivity index (χ2v) is 9.97. The fourth-order valence-electron chi connectivity index (χ4n) is 3.82. The summed E-state index contributed by atoms with van der Waals surface area (Å²) in [4.78, 5) is 20.7. The normalized spacial score (nSPS) is 19.4. The quantitative estimate of drug-likeness (QED) is 0.541. The minimum absolute atomic E-state index is 0.00905. The number of carbonyl (C=O) groups is 1. The summed E-state index contributed by atoms with van der Waals surface area (Å²) in [6.07, 6.45) is 4.21. The molecule has 1 aliphatic rings. The van der Waals surface area contributed by atoms with E-state index in [0.717, 1.165) is 6.42 Å². The number of sulfonamides is 1. The number of nitrogens with one attached hydrogen (secondary N) is 2. The first-order valence-corrected chi connectivity index (χ1v) is 11.7. The van der Waals surface area contributed by atoms with Gasteiger partial charge in [0.05, 0.1) is 4.90 Å². The van der Waals surface area contributed by atoms with E-state index in [4.69, 9.17) is 4.52 Å². The molecule has 1 saturated heterocycles. The summed E-state index contributed by atoms with van der Waals surface area (Å²) >= 11 is 0. The molecule has 0 radical (unpaired) electrons. The number of rotatable bonds is 6. The number of hydrazine groups is 1. The molecule has 2 N–H and O–H groups in total. The van der Waals surface area contributed by atoms with Crippen molar-refractivity contribution in [2.24, 2.45) is 11.8 Å². The standard InChI is InChI=1S/C21H24N6O4S/c1-14-10-15(2)13-27(12-14)32(29,30)18-5-3-4-17(11-18)20(28)24-25-21-23-19(26-31-21)16-6-8-22-9-7-16/h3-9,11,14-15H,10,12-13H2,1-2H3,(H,24,28)(H,23,25,26). The fourth-order valence-corrected chi connectivity index (χ4v) is 5.55. The van der Waals surface area contributed by atoms with E-state index in [9.17, 15) is 13.2 Å². The SMILES string of the molecule is CC1CC(C)CN(S(=O)(=O)c2cccc(C(=O)NNc3nc(-c4ccncc4)no3)c2)C1. The molecular formula is C21H24N6O4S. The Morgan fingerprint density at radius 1 is 1.12 bits per heavy atom. The molecule has 32 heavy (non-hydrogen) atoms. The maximum absolute atomic E-state index is 13.1. The average molecular weight is 457 g/mol. The van der Waals surface area contributed by atoms with Crippen molar-refractivity contribution in [3.63, 3.8) is 0 Å². The van der Waals surface area contributed by atoms with Gasteiger partial charge in [0.1, 0.15) is 0 Å². The lowest BCUT2D eigenvalue weighted by molar-refractivity contribution is 0.0961. The van der Waals surface area contributed by atoms with E-state index >= 15 is 0 Å². The Labute approximate surface area is 186 Å². The molecule has 3 aromatic rings. The Bertz CT molecular complexity index is 1190. The molecule has 3 heterocycles. The van der Waals surface area contributed by atoms with Crippen LogP contribution in [0.15, 0.2) is 58.2 Å². The van der Waals surface area contributed by atoms with Crippen LogP contribution in [0.5, 0.6) is 0 Å². The first-order valence-electron chi connectivity index (χ1n) is 10.2. The van der Waals surface area contributed by atoms with Gasteiger partial charge in [-0.05, 0) is 48.6 Å². The molecule has 2 atom stereocenters. The zero-order chi connectivity index (χ0) is 22.7. The highest BCUT2D eigenvalue weighted by Crippen LogP contribution is 2.27. The summed E-state index contributed by atoms with van der Waals surface area (Å²) in [6.45, 7) is 5.04. The fraction of sp³-hybridized carbons (Fsp3) is 0.333. The maximum Gasteiger partial charge on any atom is 0.340 e. The van der Waals surface area contributed by atoms with Gasteiger partial charge in [-0.2, -0.15) is 9.29 Å². The van der Waals surface area contributed by atoms with Crippen molar-refractivity contribution in [3.05, 3.63) is 54.4 Å². The summed E-state index contributed by atoms with van der Waals surface area (Å²) < 4.78 is 32.8. The number of hydrogen-bond donors (Lipinski definition) is 2. The highest BCUT2D eigenvalue weighted by Gasteiger charge is 2.32. The molecule has 0 aliphatic carbocycles. The van der Waals surface area contributed by atoms with E-state index in [1.165, 1.54) is 22.5 Å². The second kappa shape index (κ2) is 9.05. The van der Waals surface area contributed by atoms with Crippen LogP contribution < -0.4 is 10.9 Å². The number of amides is 1. The van der Waals surface area contributed by atoms with Crippen molar-refractivity contribution < 1.29 is 17.7 Å². The molecule has 1 fully saturated rings. The third kappa shape index (κ3) is 4.78. The largest absolute Gasteiger partial charge is 0.340 e. The zero-order valence-corrected chi connectivity index (χ0v) is 18.5. The lowest BCUT2D eigenvalue weighted by atomic mass is 9.94. The molecular weight excluding hydrogens is 432 g/mol. The molecule has 10 nitrogen and oxygen atoms in total. The summed E-state index contributed by atoms with van der Waals surface area (Å²) in [5.41, 5.74) is 5.89. The van der Waals surface area contributed by atoms with Crippen LogP contribution >= 0.6 is 0 Å². The molecule has 1 aromatic carbocycles. The van der Waals surface area contributed by atoms with Gasteiger partial charge in [0, 0.05) is 36.6 Å². The Kier molecular flexibility index (Phi) is 6.19. The molecule has 0 bridgehead atoms. The zero-order valence-electron chi connectivity index (χ0n) is 17.7. The molecule has 1 amide bonds. The number of carbonyl (C=O) groups excluding carboxylic acids is 1. The van der Waals surface area contributed by atoms with Crippen LogP contribution in [-0.2, 0) is 10.0 Å². The van der Waals surface area contributed by atoms with Gasteiger partial charge in [-0.3, -0.25) is 15.2 Å². The minimum Gasteiger partial charge on any atom is -0.313 e. The van der Waals surface area contributed by atoms with Crippen LogP contribution in [0.2, 0.25) is 0 Å². The number of piperidine rings is 1. The van der Waals surface area contributed by atoms with Crippen LogP contribution in [-0.4, -0.2) is 46.8 Å². The van der Waals surface area contributed by atoms with Gasteiger partial charge in [-0.25, -0.2) is 13.8 Å². The Morgan fingerprint density at radius 3 is 2.56 bits per heavy atom. The Hall–Kier alpha value is -3.31. The van der Waals surface area contributed by atoms with E-state index < -0.39 is 15.9 Å². The van der Waals surface area contributed by atoms with Crippen molar-refractivity contribution >= 4 is 21.9 Å². The molecule has 11 heteroatoms. The van der Waals surface area contributed by atoms with Gasteiger partial charge < -0.3 is 4.52 Å². The predicted octanol–water partition coefficient (Wildman–Crippen LogP) is 2.56. The first kappa shape index (κ1) is 21.9. The summed E-state index contributed by atoms with van der Waals surface area (Å²) in [6, 6.07) is 9.40. The van der Waals surface area contributed by atoms with E-state index in [0.29, 0.717) is 24.5 Å². The van der Waals surface area contributed by atoms with E-state index in [1.54, 1.807) is 30.6 Å². The van der Waals surface area contributed by atoms with Crippen LogP contribution in [0.25, 0.3) is 11.4 Å². The molecule has 2 unspecified atom stereocenters. The van der Waals surface area contributed by atoms with E-state index in [1.807, 2.05) is 13.8 Å². The first-order chi connectivity index (χ1) is 15.3. The van der Waals surface area contributed by atoms with Gasteiger partial charge >= 0.3 is 6.01 Å². The van der Waals surface area contributed by atoms with Gasteiger partial charge in [-0.15, -0.1) is 0 Å². The predicted molar refractivity (Wildman–Crippen MR) is 117 cm³/mol. The highest BCUT2D eigenvalue weighted by atomic mass is 32.2. The van der Waals surface area contributed by atoms with Crippen molar-refractivity contribution in [1.29, 1.82) is 0 Å². The summed E-state index contributed by atoms with van der Waals surface area (Å²) in [5, 5.41) is 3.83. The molecule has 0 saturated carbocycles. The highest BCUT2D eigenvalue weighted by molar-refractivity contribution is 7.89. The number of aromatic nitrogens is 3. The van der Waals surface area contributed by atoms with Crippen LogP contribution in [0, 0.1) is 11.8 Å². The lowest BCUT2D eigenvalue weighted by Gasteiger charge is -2.34. The number of hydrogen-bond acceptors (Lipinski definition) is 8. The van der Waals surface area contributed by atoms with Gasteiger partial charge in [-0.1, -0.05) is 25.1 Å². The topological polar surface area (TPSA) is 130 Å². The van der Waals surface area contributed by atoms with Crippen molar-refractivity contribution in [2.75, 3.05) is 18.5 Å². The number of benzene rings is 1. The summed E-state index contributed by atoms with van der Waals surface area (Å²) in [7, 11) is -3.69. The Balaban J connectivity index is 1.44. The van der Waals surface area contributed by atoms with Crippen molar-refractivity contribution in [2.45, 2.75) is 25.2 Å². The van der Waals surface area contributed by atoms with Gasteiger partial charge in [0.25, 0.3) is 5.91 Å². The molecule has 168 valence electrons. The third-order valence-corrected chi connectivity index (χ3v) is 7.04. The maximum atomic E-state index is 13.1. The monoisotopic (exact) mass is 456 g/mol. The van der Waals surface area contributed by atoms with Crippen molar-refractivity contribution in [1.82, 2.24) is 24.9 Å². The van der Waals surface area contributed by atoms with Gasteiger partial charge in [0.2, 0.25) is 15.8 Å². The average Bonchev–Trinajstić information content (AvgIpc) is 3.26. The molecule has 1 aliphatic heterocycles. The molecule has 2 aromatic heterocycles. The second-order valence-electron chi connectivity index (χ2n) is 8.03. The van der Waals surface area contributed by atoms with E-state index in [2.05, 4.69) is 26.0 Å². The Morgan fingerprint density at radius 2 is 1.84 bits per heavy atom. The van der Waals surface area contributed by atoms with Crippen LogP contribution in [0.4, 0.5) is 6.01 Å². The van der Waals surface area contributed by atoms with Crippen LogP contribution in [0.3, 0.4) is 0 Å². The third-order valence-electron chi connectivity index (χ3n) is 5.22. The van der Waals surface area contributed by atoms with Crippen LogP contribution in [0.1, 0.15) is 30.6 Å². The van der Waals surface area contributed by atoms with Gasteiger partial charge in [0.15, 0.2) is 0 Å². The summed E-state index contributed by atoms with van der Waals surface area (Å²) in [5.74, 6) is 0.375.